The highest BCUT2D eigenvalue weighted by molar-refractivity contribution is 5.83. The van der Waals surface area contributed by atoms with Gasteiger partial charge in [-0.2, -0.15) is 10.2 Å². The number of aromatic nitrogens is 4. The van der Waals surface area contributed by atoms with Crippen LogP contribution in [-0.4, -0.2) is 40.0 Å². The lowest BCUT2D eigenvalue weighted by atomic mass is 10.0. The van der Waals surface area contributed by atoms with Gasteiger partial charge in [-0.1, -0.05) is 6.07 Å². The van der Waals surface area contributed by atoms with E-state index in [4.69, 9.17) is 5.73 Å². The molecule has 0 bridgehead atoms. The summed E-state index contributed by atoms with van der Waals surface area (Å²) in [7, 11) is 1.93. The smallest absolute Gasteiger partial charge is 0.0953 e. The van der Waals surface area contributed by atoms with Crippen molar-refractivity contribution in [2.24, 2.45) is 5.73 Å². The number of nitrogens with one attached hydrogen (secondary N) is 3. The van der Waals surface area contributed by atoms with Crippen molar-refractivity contribution in [2.75, 3.05) is 13.6 Å². The molecule has 104 valence electrons. The Kier molecular flexibility index (Phi) is 3.49. The van der Waals surface area contributed by atoms with Gasteiger partial charge in [-0.15, -0.1) is 0 Å². The Bertz CT molecular complexity index is 694. The average Bonchev–Trinajstić information content (AvgIpc) is 3.12. The van der Waals surface area contributed by atoms with Gasteiger partial charge in [-0.25, -0.2) is 0 Å². The maximum Gasteiger partial charge on any atom is 0.0953 e. The summed E-state index contributed by atoms with van der Waals surface area (Å²) in [4.78, 5) is 0. The molecule has 20 heavy (non-hydrogen) atoms. The number of H-pyrrole nitrogens is 2. The maximum atomic E-state index is 5.74. The van der Waals surface area contributed by atoms with Crippen LogP contribution in [0.4, 0.5) is 0 Å². The molecule has 6 heteroatoms. The van der Waals surface area contributed by atoms with Crippen molar-refractivity contribution in [1.29, 1.82) is 0 Å². The van der Waals surface area contributed by atoms with Crippen molar-refractivity contribution in [2.45, 2.75) is 12.5 Å². The highest BCUT2D eigenvalue weighted by Gasteiger charge is 2.13. The van der Waals surface area contributed by atoms with Gasteiger partial charge in [-0.3, -0.25) is 10.2 Å². The van der Waals surface area contributed by atoms with Gasteiger partial charge in [-0.05, 0) is 31.2 Å². The number of rotatable bonds is 5. The normalized spacial score (nSPS) is 12.9. The van der Waals surface area contributed by atoms with Crippen molar-refractivity contribution in [1.82, 2.24) is 25.7 Å². The summed E-state index contributed by atoms with van der Waals surface area (Å²) in [6.45, 7) is 0.599. The second-order valence-electron chi connectivity index (χ2n) is 4.86. The predicted molar refractivity (Wildman–Crippen MR) is 79.3 cm³/mol. The lowest BCUT2D eigenvalue weighted by Crippen LogP contribution is -2.35. The van der Waals surface area contributed by atoms with E-state index >= 15 is 0 Å². The Labute approximate surface area is 116 Å². The molecule has 0 saturated heterocycles. The predicted octanol–water partition coefficient (Wildman–Crippen LogP) is 1.04. The zero-order chi connectivity index (χ0) is 13.9. The number of nitrogens with two attached hydrogens (primary N) is 1. The van der Waals surface area contributed by atoms with Crippen LogP contribution in [0.25, 0.3) is 22.2 Å². The molecule has 1 atom stereocenters. The quantitative estimate of drug-likeness (QED) is 0.557. The molecule has 0 spiro atoms. The number of aromatic amines is 2. The molecule has 1 aromatic carbocycles. The van der Waals surface area contributed by atoms with Gasteiger partial charge in [0.15, 0.2) is 0 Å². The minimum Gasteiger partial charge on any atom is -0.329 e. The third kappa shape index (κ3) is 2.31. The number of hydrogen-bond acceptors (Lipinski definition) is 4. The molecule has 2 heterocycles. The lowest BCUT2D eigenvalue weighted by molar-refractivity contribution is 0.569. The molecule has 2 aromatic heterocycles. The minimum absolute atomic E-state index is 0.254. The first-order chi connectivity index (χ1) is 9.81. The Balaban J connectivity index is 1.95. The first-order valence-corrected chi connectivity index (χ1v) is 6.65. The molecule has 0 aliphatic carbocycles. The Morgan fingerprint density at radius 2 is 2.30 bits per heavy atom. The van der Waals surface area contributed by atoms with Crippen LogP contribution >= 0.6 is 0 Å². The van der Waals surface area contributed by atoms with Crippen LogP contribution in [0.1, 0.15) is 5.56 Å². The van der Waals surface area contributed by atoms with E-state index in [1.807, 2.05) is 25.5 Å². The molecule has 6 nitrogen and oxygen atoms in total. The fourth-order valence-electron chi connectivity index (χ4n) is 2.38. The van der Waals surface area contributed by atoms with Gasteiger partial charge < -0.3 is 11.1 Å². The van der Waals surface area contributed by atoms with Crippen molar-refractivity contribution >= 4 is 10.9 Å². The monoisotopic (exact) mass is 270 g/mol. The van der Waals surface area contributed by atoms with E-state index in [0.717, 1.165) is 34.1 Å². The first-order valence-electron chi connectivity index (χ1n) is 6.65. The van der Waals surface area contributed by atoms with Crippen molar-refractivity contribution in [3.63, 3.8) is 0 Å². The number of hydrogen-bond donors (Lipinski definition) is 4. The van der Waals surface area contributed by atoms with E-state index in [1.165, 1.54) is 0 Å². The highest BCUT2D eigenvalue weighted by atomic mass is 15.1. The van der Waals surface area contributed by atoms with Crippen LogP contribution in [0, 0.1) is 0 Å². The second kappa shape index (κ2) is 5.44. The largest absolute Gasteiger partial charge is 0.329 e. The van der Waals surface area contributed by atoms with Crippen molar-refractivity contribution in [3.8, 4) is 11.3 Å². The van der Waals surface area contributed by atoms with E-state index in [9.17, 15) is 0 Å². The summed E-state index contributed by atoms with van der Waals surface area (Å²) in [6, 6.07) is 6.42. The van der Waals surface area contributed by atoms with Gasteiger partial charge in [0, 0.05) is 29.7 Å². The summed E-state index contributed by atoms with van der Waals surface area (Å²) in [6.07, 6.45) is 4.61. The molecule has 1 unspecified atom stereocenters. The molecule has 3 rings (SSSR count). The Hall–Kier alpha value is -2.18. The molecule has 5 N–H and O–H groups in total. The van der Waals surface area contributed by atoms with Crippen LogP contribution in [-0.2, 0) is 6.42 Å². The molecule has 0 amide bonds. The van der Waals surface area contributed by atoms with E-state index in [2.05, 4.69) is 37.8 Å². The zero-order valence-electron chi connectivity index (χ0n) is 11.4. The zero-order valence-corrected chi connectivity index (χ0v) is 11.4. The highest BCUT2D eigenvalue weighted by Crippen LogP contribution is 2.25. The number of nitrogens with zero attached hydrogens (tertiary/aromatic N) is 2. The topological polar surface area (TPSA) is 95.4 Å². The van der Waals surface area contributed by atoms with E-state index < -0.39 is 0 Å². The van der Waals surface area contributed by atoms with Gasteiger partial charge in [0.05, 0.1) is 17.4 Å². The first kappa shape index (κ1) is 12.8. The summed E-state index contributed by atoms with van der Waals surface area (Å²) in [5, 5.41) is 18.6. The van der Waals surface area contributed by atoms with Crippen molar-refractivity contribution in [3.05, 3.63) is 36.2 Å². The third-order valence-corrected chi connectivity index (χ3v) is 3.59. The van der Waals surface area contributed by atoms with E-state index in [1.54, 1.807) is 0 Å². The number of likely N-dealkylation sites (N-methyl/N-ethyl adjacent to an activating group) is 1. The second-order valence-corrected chi connectivity index (χ2v) is 4.86. The van der Waals surface area contributed by atoms with Crippen LogP contribution in [0.15, 0.2) is 30.6 Å². The molecule has 0 aliphatic heterocycles. The van der Waals surface area contributed by atoms with Gasteiger partial charge in [0.1, 0.15) is 0 Å². The standard InChI is InChI=1S/C14H18N6/c1-16-12(6-15)5-11-8-18-20-14(11)9-2-3-13-10(4-9)7-17-19-13/h2-4,7-8,12,16H,5-6,15H2,1H3,(H,17,19)(H,18,20). The van der Waals surface area contributed by atoms with Gasteiger partial charge >= 0.3 is 0 Å². The average molecular weight is 270 g/mol. The molecule has 0 aliphatic rings. The number of benzene rings is 1. The molecule has 0 fully saturated rings. The Morgan fingerprint density at radius 3 is 3.10 bits per heavy atom. The Morgan fingerprint density at radius 1 is 1.40 bits per heavy atom. The molecule has 0 radical (unpaired) electrons. The number of fused-ring (bicyclic) bond motifs is 1. The fourth-order valence-corrected chi connectivity index (χ4v) is 2.38. The molecular formula is C14H18N6. The van der Waals surface area contributed by atoms with Crippen LogP contribution in [0.2, 0.25) is 0 Å². The van der Waals surface area contributed by atoms with Gasteiger partial charge in [0.2, 0.25) is 0 Å². The van der Waals surface area contributed by atoms with Gasteiger partial charge in [0.25, 0.3) is 0 Å². The maximum absolute atomic E-state index is 5.74. The minimum atomic E-state index is 0.254. The lowest BCUT2D eigenvalue weighted by Gasteiger charge is -2.13. The van der Waals surface area contributed by atoms with E-state index in [0.29, 0.717) is 6.54 Å². The van der Waals surface area contributed by atoms with Crippen LogP contribution in [0.5, 0.6) is 0 Å². The van der Waals surface area contributed by atoms with Crippen LogP contribution < -0.4 is 11.1 Å². The molecule has 0 saturated carbocycles. The molecular weight excluding hydrogens is 252 g/mol. The molecule has 3 aromatic rings. The summed E-state index contributed by atoms with van der Waals surface area (Å²) < 4.78 is 0. The summed E-state index contributed by atoms with van der Waals surface area (Å²) in [5.41, 5.74) is 10.00. The third-order valence-electron chi connectivity index (χ3n) is 3.59. The fraction of sp³-hybridized carbons (Fsp3) is 0.286. The van der Waals surface area contributed by atoms with E-state index in [-0.39, 0.29) is 6.04 Å². The summed E-state index contributed by atoms with van der Waals surface area (Å²) in [5.74, 6) is 0. The van der Waals surface area contributed by atoms with Crippen LogP contribution in [0.3, 0.4) is 0 Å². The SMILES string of the molecule is CNC(CN)Cc1c[nH]nc1-c1ccc2[nH]ncc2c1. The summed E-state index contributed by atoms with van der Waals surface area (Å²) >= 11 is 0. The van der Waals surface area contributed by atoms with Crippen molar-refractivity contribution < 1.29 is 0 Å².